The molecule has 2 aliphatic rings. The molecule has 3 heterocycles. The molecule has 190 valence electrons. The molecule has 11 heteroatoms. The first kappa shape index (κ1) is 24.9. The lowest BCUT2D eigenvalue weighted by molar-refractivity contribution is -0.145. The number of imidazole rings is 1. The number of alkyl halides is 3. The van der Waals surface area contributed by atoms with E-state index in [1.165, 1.54) is 18.1 Å². The number of nitrogens with zero attached hydrogens (tertiary/aromatic N) is 5. The molecule has 0 atom stereocenters. The molecule has 1 saturated carbocycles. The molecule has 5 rings (SSSR count). The van der Waals surface area contributed by atoms with Gasteiger partial charge in [0.1, 0.15) is 0 Å². The maximum Gasteiger partial charge on any atom is 0.453 e. The number of benzene rings is 1. The van der Waals surface area contributed by atoms with Gasteiger partial charge in [-0.25, -0.2) is 14.5 Å². The zero-order chi connectivity index (χ0) is 25.7. The molecule has 3 N–H and O–H groups in total. The number of halogens is 3. The first-order chi connectivity index (χ1) is 17.1. The summed E-state index contributed by atoms with van der Waals surface area (Å²) in [6.45, 7) is 6.21. The summed E-state index contributed by atoms with van der Waals surface area (Å²) in [5.41, 5.74) is 7.87. The van der Waals surface area contributed by atoms with Crippen LogP contribution < -0.4 is 10.5 Å². The molecule has 36 heavy (non-hydrogen) atoms. The summed E-state index contributed by atoms with van der Waals surface area (Å²) in [4.78, 5) is 11.0. The molecule has 1 aromatic carbocycles. The minimum atomic E-state index is -4.72. The number of nitrogen functional groups attached to an aromatic ring is 1. The van der Waals surface area contributed by atoms with Crippen LogP contribution in [0.15, 0.2) is 29.3 Å². The number of likely N-dealkylation sites (tertiary alicyclic amines) is 1. The van der Waals surface area contributed by atoms with Crippen molar-refractivity contribution in [3.05, 3.63) is 35.8 Å². The van der Waals surface area contributed by atoms with Gasteiger partial charge in [0.15, 0.2) is 11.5 Å². The van der Waals surface area contributed by atoms with Crippen molar-refractivity contribution in [2.24, 2.45) is 5.92 Å². The lowest BCUT2D eigenvalue weighted by atomic mass is 9.78. The van der Waals surface area contributed by atoms with Crippen molar-refractivity contribution in [1.82, 2.24) is 29.2 Å². The molecule has 0 bridgehead atoms. The fourth-order valence-corrected chi connectivity index (χ4v) is 5.72. The Morgan fingerprint density at radius 1 is 1.25 bits per heavy atom. The summed E-state index contributed by atoms with van der Waals surface area (Å²) in [5.74, 6) is 1.67. The van der Waals surface area contributed by atoms with Crippen LogP contribution >= 0.6 is 11.9 Å². The monoisotopic (exact) mass is 515 g/mol. The zero-order valence-corrected chi connectivity index (χ0v) is 21.0. The average molecular weight is 516 g/mol. The van der Waals surface area contributed by atoms with Crippen LogP contribution in [0.2, 0.25) is 0 Å². The largest absolute Gasteiger partial charge is 0.453 e. The number of anilines is 1. The van der Waals surface area contributed by atoms with Gasteiger partial charge in [0.2, 0.25) is 0 Å². The van der Waals surface area contributed by atoms with E-state index in [0.717, 1.165) is 59.3 Å². The maximum atomic E-state index is 13.3. The van der Waals surface area contributed by atoms with Gasteiger partial charge in [0, 0.05) is 41.0 Å². The number of aryl methyl sites for hydroxylation is 1. The lowest BCUT2D eigenvalue weighted by Crippen LogP contribution is -2.54. The van der Waals surface area contributed by atoms with Crippen LogP contribution in [0, 0.1) is 25.2 Å². The number of nitrogens with one attached hydrogen (secondary N) is 1. The van der Waals surface area contributed by atoms with Crippen molar-refractivity contribution >= 4 is 23.4 Å². The molecule has 1 aliphatic heterocycles. The van der Waals surface area contributed by atoms with Crippen LogP contribution in [-0.4, -0.2) is 49.2 Å². The van der Waals surface area contributed by atoms with Gasteiger partial charge in [-0.05, 0) is 69.2 Å². The minimum absolute atomic E-state index is 0.0198. The molecule has 0 spiro atoms. The Morgan fingerprint density at radius 2 is 1.97 bits per heavy atom. The Kier molecular flexibility index (Phi) is 6.39. The van der Waals surface area contributed by atoms with E-state index in [4.69, 9.17) is 12.2 Å². The van der Waals surface area contributed by atoms with Gasteiger partial charge in [-0.15, -0.1) is 17.4 Å². The highest BCUT2D eigenvalue weighted by molar-refractivity contribution is 7.97. The first-order valence-electron chi connectivity index (χ1n) is 11.9. The van der Waals surface area contributed by atoms with Crippen molar-refractivity contribution in [3.8, 4) is 23.6 Å². The van der Waals surface area contributed by atoms with Crippen LogP contribution in [0.25, 0.3) is 16.9 Å². The van der Waals surface area contributed by atoms with Crippen LogP contribution in [-0.2, 0) is 6.18 Å². The number of rotatable bonds is 5. The summed E-state index contributed by atoms with van der Waals surface area (Å²) >= 11 is 1.53. The van der Waals surface area contributed by atoms with Gasteiger partial charge in [-0.3, -0.25) is 4.72 Å². The van der Waals surface area contributed by atoms with Crippen LogP contribution in [0.3, 0.4) is 0 Å². The molecule has 0 amide bonds. The smallest absolute Gasteiger partial charge is 0.380 e. The van der Waals surface area contributed by atoms with E-state index in [1.807, 2.05) is 25.1 Å². The van der Waals surface area contributed by atoms with Gasteiger partial charge >= 0.3 is 6.18 Å². The Balaban J connectivity index is 1.31. The summed E-state index contributed by atoms with van der Waals surface area (Å²) < 4.78 is 44.6. The highest BCUT2D eigenvalue weighted by Crippen LogP contribution is 2.36. The molecule has 0 radical (unpaired) electrons. The quantitative estimate of drug-likeness (QED) is 0.381. The van der Waals surface area contributed by atoms with Crippen molar-refractivity contribution < 1.29 is 13.2 Å². The van der Waals surface area contributed by atoms with E-state index in [9.17, 15) is 13.2 Å². The second-order valence-corrected chi connectivity index (χ2v) is 10.8. The minimum Gasteiger partial charge on any atom is -0.380 e. The molecule has 7 nitrogen and oxygen atoms in total. The fraction of sp³-hybridized carbons (Fsp3) is 0.480. The number of hydrogen-bond donors (Lipinski definition) is 2. The number of aromatic nitrogens is 4. The normalized spacial score (nSPS) is 22.3. The van der Waals surface area contributed by atoms with Crippen LogP contribution in [0.1, 0.15) is 44.0 Å². The van der Waals surface area contributed by atoms with Gasteiger partial charge in [-0.1, -0.05) is 6.07 Å². The van der Waals surface area contributed by atoms with Crippen molar-refractivity contribution in [3.63, 3.8) is 0 Å². The Morgan fingerprint density at radius 3 is 2.64 bits per heavy atom. The number of terminal acetylenes is 1. The summed E-state index contributed by atoms with van der Waals surface area (Å²) in [5, 5.41) is 3.69. The summed E-state index contributed by atoms with van der Waals surface area (Å²) in [7, 11) is 0. The van der Waals surface area contributed by atoms with E-state index in [1.54, 1.807) is 0 Å². The number of piperidine rings is 1. The highest BCUT2D eigenvalue weighted by Gasteiger charge is 2.38. The highest BCUT2D eigenvalue weighted by atomic mass is 32.2. The van der Waals surface area contributed by atoms with E-state index in [0.29, 0.717) is 17.7 Å². The predicted octanol–water partition coefficient (Wildman–Crippen LogP) is 4.56. The summed E-state index contributed by atoms with van der Waals surface area (Å²) in [6, 6.07) is 6.49. The number of fused-ring (bicyclic) bond motifs is 1. The Hall–Kier alpha value is -2.81. The van der Waals surface area contributed by atoms with Crippen molar-refractivity contribution in [2.75, 3.05) is 18.8 Å². The lowest BCUT2D eigenvalue weighted by Gasteiger charge is -2.47. The standard InChI is InChI=1S/C25H28F3N7S/c1-4-16-11-17(12-16)34-9-7-24(3,8-10-34)33-36-18-6-5-15(2)19(13-18)20-14-30-22-21(29)31-23(25(26,27)28)32-35(20)22/h1,5-6,13-14,16-17,33H,7-12H2,2-3H3,(H2,29,31,32). The van der Waals surface area contributed by atoms with Gasteiger partial charge in [-0.2, -0.15) is 13.2 Å². The Labute approximate surface area is 212 Å². The second kappa shape index (κ2) is 9.25. The summed E-state index contributed by atoms with van der Waals surface area (Å²) in [6.07, 6.45) is 6.55. The fourth-order valence-electron chi connectivity index (χ4n) is 4.84. The molecule has 3 aromatic rings. The third-order valence-corrected chi connectivity index (χ3v) is 8.39. The Bertz CT molecular complexity index is 1320. The zero-order valence-electron chi connectivity index (χ0n) is 20.1. The molecule has 0 unspecified atom stereocenters. The van der Waals surface area contributed by atoms with Crippen molar-refractivity contribution in [1.29, 1.82) is 0 Å². The average Bonchev–Trinajstić information content (AvgIpc) is 3.23. The molecule has 1 aliphatic carbocycles. The number of hydrogen-bond acceptors (Lipinski definition) is 7. The van der Waals surface area contributed by atoms with Gasteiger partial charge in [0.25, 0.3) is 5.82 Å². The first-order valence-corrected chi connectivity index (χ1v) is 12.7. The third-order valence-electron chi connectivity index (χ3n) is 7.31. The van der Waals surface area contributed by atoms with E-state index in [-0.39, 0.29) is 17.0 Å². The maximum absolute atomic E-state index is 13.3. The number of nitrogens with two attached hydrogens (primary N) is 1. The third kappa shape index (κ3) is 4.77. The van der Waals surface area contributed by atoms with E-state index < -0.39 is 12.0 Å². The van der Waals surface area contributed by atoms with E-state index in [2.05, 4.69) is 37.5 Å². The van der Waals surface area contributed by atoms with E-state index >= 15 is 0 Å². The molecule has 2 aromatic heterocycles. The van der Waals surface area contributed by atoms with Gasteiger partial charge < -0.3 is 10.6 Å². The molecular weight excluding hydrogens is 487 g/mol. The van der Waals surface area contributed by atoms with Crippen LogP contribution in [0.4, 0.5) is 19.0 Å². The molecular formula is C25H28F3N7S. The molecule has 2 fully saturated rings. The predicted molar refractivity (Wildman–Crippen MR) is 134 cm³/mol. The van der Waals surface area contributed by atoms with Crippen LogP contribution in [0.5, 0.6) is 0 Å². The van der Waals surface area contributed by atoms with Gasteiger partial charge in [0.05, 0.1) is 11.9 Å². The topological polar surface area (TPSA) is 84.4 Å². The SMILES string of the molecule is C#CC1CC(N2CCC(C)(NSc3ccc(C)c(-c4cnc5c(N)nc(C(F)(F)F)nn45)c3)CC2)C1. The second-order valence-electron chi connectivity index (χ2n) is 9.96. The van der Waals surface area contributed by atoms with Crippen molar-refractivity contribution in [2.45, 2.75) is 62.2 Å². The molecule has 1 saturated heterocycles.